The highest BCUT2D eigenvalue weighted by Gasteiger charge is 2.22. The van der Waals surface area contributed by atoms with Gasteiger partial charge in [0, 0.05) is 33.4 Å². The Balaban J connectivity index is 1.83. The molecule has 0 aromatic carbocycles. The molecule has 0 spiro atoms. The number of rotatable bonds is 6. The van der Waals surface area contributed by atoms with Crippen LogP contribution in [0.15, 0.2) is 18.3 Å². The third-order valence-corrected chi connectivity index (χ3v) is 4.26. The zero-order valence-electron chi connectivity index (χ0n) is 14.3. The summed E-state index contributed by atoms with van der Waals surface area (Å²) < 4.78 is 5.01. The highest BCUT2D eigenvalue weighted by atomic mass is 32.1. The van der Waals surface area contributed by atoms with Gasteiger partial charge in [0.15, 0.2) is 5.11 Å². The smallest absolute Gasteiger partial charge is 0.170 e. The maximum absolute atomic E-state index is 5.27. The quantitative estimate of drug-likeness (QED) is 0.615. The molecule has 1 aliphatic rings. The molecule has 0 amide bonds. The summed E-state index contributed by atoms with van der Waals surface area (Å²) in [6.45, 7) is 8.33. The molecule has 1 aromatic heterocycles. The highest BCUT2D eigenvalue weighted by molar-refractivity contribution is 7.80. The predicted octanol–water partition coefficient (Wildman–Crippen LogP) is 2.89. The summed E-state index contributed by atoms with van der Waals surface area (Å²) in [7, 11) is 1.70. The average Bonchev–Trinajstić information content (AvgIpc) is 2.51. The molecule has 1 aliphatic heterocycles. The number of anilines is 2. The molecule has 1 fully saturated rings. The summed E-state index contributed by atoms with van der Waals surface area (Å²) in [5.74, 6) is 2.50. The highest BCUT2D eigenvalue weighted by Crippen LogP contribution is 2.25. The van der Waals surface area contributed by atoms with Crippen molar-refractivity contribution in [2.45, 2.75) is 26.7 Å². The van der Waals surface area contributed by atoms with Crippen LogP contribution in [0.1, 0.15) is 26.7 Å². The van der Waals surface area contributed by atoms with Crippen molar-refractivity contribution in [1.29, 1.82) is 0 Å². The van der Waals surface area contributed by atoms with Crippen LogP contribution in [0.25, 0.3) is 0 Å². The van der Waals surface area contributed by atoms with Crippen LogP contribution in [-0.4, -0.2) is 43.4 Å². The predicted molar refractivity (Wildman–Crippen MR) is 100 cm³/mol. The van der Waals surface area contributed by atoms with E-state index in [1.165, 1.54) is 6.42 Å². The normalized spacial score (nSPS) is 21.1. The van der Waals surface area contributed by atoms with Gasteiger partial charge in [-0.15, -0.1) is 0 Å². The van der Waals surface area contributed by atoms with Crippen molar-refractivity contribution in [3.05, 3.63) is 18.3 Å². The van der Waals surface area contributed by atoms with E-state index in [9.17, 15) is 0 Å². The van der Waals surface area contributed by atoms with Crippen molar-refractivity contribution in [1.82, 2.24) is 10.3 Å². The third kappa shape index (κ3) is 5.95. The molecule has 2 heterocycles. The van der Waals surface area contributed by atoms with Crippen LogP contribution >= 0.6 is 12.2 Å². The van der Waals surface area contributed by atoms with E-state index in [0.717, 1.165) is 56.0 Å². The monoisotopic (exact) mass is 336 g/mol. The van der Waals surface area contributed by atoms with Crippen molar-refractivity contribution in [2.75, 3.05) is 43.6 Å². The van der Waals surface area contributed by atoms with Crippen LogP contribution in [0, 0.1) is 11.8 Å². The van der Waals surface area contributed by atoms with Crippen LogP contribution in [-0.2, 0) is 4.74 Å². The lowest BCUT2D eigenvalue weighted by Crippen LogP contribution is -2.39. The number of hydrogen-bond donors (Lipinski definition) is 2. The second-order valence-corrected chi connectivity index (χ2v) is 6.89. The van der Waals surface area contributed by atoms with E-state index in [4.69, 9.17) is 17.0 Å². The molecular weight excluding hydrogens is 308 g/mol. The minimum absolute atomic E-state index is 0.621. The fraction of sp³-hybridized carbons (Fsp3) is 0.647. The van der Waals surface area contributed by atoms with Gasteiger partial charge in [0.05, 0.1) is 11.9 Å². The van der Waals surface area contributed by atoms with Crippen molar-refractivity contribution < 1.29 is 4.74 Å². The number of nitrogens with one attached hydrogen (secondary N) is 2. The topological polar surface area (TPSA) is 49.4 Å². The maximum Gasteiger partial charge on any atom is 0.170 e. The van der Waals surface area contributed by atoms with Gasteiger partial charge in [-0.25, -0.2) is 4.98 Å². The number of aromatic nitrogens is 1. The summed E-state index contributed by atoms with van der Waals surface area (Å²) >= 11 is 5.27. The molecule has 0 unspecified atom stereocenters. The molecule has 23 heavy (non-hydrogen) atoms. The molecule has 5 nitrogen and oxygen atoms in total. The first-order valence-corrected chi connectivity index (χ1v) is 8.74. The first kappa shape index (κ1) is 17.9. The Morgan fingerprint density at radius 2 is 2.09 bits per heavy atom. The number of nitrogens with zero attached hydrogens (tertiary/aromatic N) is 2. The van der Waals surface area contributed by atoms with E-state index in [2.05, 4.69) is 40.4 Å². The van der Waals surface area contributed by atoms with Gasteiger partial charge < -0.3 is 20.3 Å². The van der Waals surface area contributed by atoms with Crippen molar-refractivity contribution in [3.63, 3.8) is 0 Å². The van der Waals surface area contributed by atoms with Gasteiger partial charge >= 0.3 is 0 Å². The number of piperidine rings is 1. The molecule has 0 aliphatic carbocycles. The zero-order chi connectivity index (χ0) is 16.7. The van der Waals surface area contributed by atoms with E-state index >= 15 is 0 Å². The molecule has 0 radical (unpaired) electrons. The van der Waals surface area contributed by atoms with E-state index in [0.29, 0.717) is 5.11 Å². The molecule has 1 saturated heterocycles. The number of ether oxygens (including phenoxy) is 1. The van der Waals surface area contributed by atoms with Crippen molar-refractivity contribution in [3.8, 4) is 0 Å². The van der Waals surface area contributed by atoms with Gasteiger partial charge in [0.1, 0.15) is 5.82 Å². The van der Waals surface area contributed by atoms with Gasteiger partial charge in [-0.3, -0.25) is 0 Å². The molecule has 2 N–H and O–H groups in total. The molecule has 0 saturated carbocycles. The second kappa shape index (κ2) is 9.03. The summed E-state index contributed by atoms with van der Waals surface area (Å²) in [6.07, 6.45) is 4.09. The first-order chi connectivity index (χ1) is 11.1. The molecular formula is C17H28N4OS. The van der Waals surface area contributed by atoms with Crippen LogP contribution in [0.4, 0.5) is 11.5 Å². The number of hydrogen-bond acceptors (Lipinski definition) is 4. The summed E-state index contributed by atoms with van der Waals surface area (Å²) in [6, 6.07) is 4.11. The largest absolute Gasteiger partial charge is 0.385 e. The average molecular weight is 337 g/mol. The van der Waals surface area contributed by atoms with Crippen molar-refractivity contribution >= 4 is 28.8 Å². The van der Waals surface area contributed by atoms with Crippen LogP contribution in [0.2, 0.25) is 0 Å². The number of pyridine rings is 1. The summed E-state index contributed by atoms with van der Waals surface area (Å²) in [5.41, 5.74) is 0.913. The lowest BCUT2D eigenvalue weighted by Gasteiger charge is -2.35. The third-order valence-electron chi connectivity index (χ3n) is 4.01. The van der Waals surface area contributed by atoms with Crippen molar-refractivity contribution in [2.24, 2.45) is 11.8 Å². The molecule has 2 rings (SSSR count). The maximum atomic E-state index is 5.27. The van der Waals surface area contributed by atoms with E-state index < -0.39 is 0 Å². The molecule has 2 atom stereocenters. The Labute approximate surface area is 144 Å². The lowest BCUT2D eigenvalue weighted by atomic mass is 9.92. The van der Waals surface area contributed by atoms with Crippen LogP contribution < -0.4 is 15.5 Å². The summed E-state index contributed by atoms with van der Waals surface area (Å²) in [4.78, 5) is 6.97. The summed E-state index contributed by atoms with van der Waals surface area (Å²) in [5, 5.41) is 6.94. The second-order valence-electron chi connectivity index (χ2n) is 6.48. The minimum Gasteiger partial charge on any atom is -0.385 e. The van der Waals surface area contributed by atoms with Gasteiger partial charge in [0.2, 0.25) is 0 Å². The lowest BCUT2D eigenvalue weighted by molar-refractivity contribution is 0.196. The van der Waals surface area contributed by atoms with Crippen LogP contribution in [0.5, 0.6) is 0 Å². The molecule has 128 valence electrons. The molecule has 6 heteroatoms. The Morgan fingerprint density at radius 3 is 2.70 bits per heavy atom. The fourth-order valence-electron chi connectivity index (χ4n) is 3.09. The van der Waals surface area contributed by atoms with Gasteiger partial charge in [-0.2, -0.15) is 0 Å². The Hall–Kier alpha value is -1.40. The van der Waals surface area contributed by atoms with Gasteiger partial charge in [-0.05, 0) is 49.0 Å². The Bertz CT molecular complexity index is 484. The minimum atomic E-state index is 0.621. The van der Waals surface area contributed by atoms with Gasteiger partial charge in [-0.1, -0.05) is 13.8 Å². The SMILES string of the molecule is COCCCNC(=S)Nc1ccc(N2C[C@H](C)C[C@@H](C)C2)nc1. The van der Waals surface area contributed by atoms with Gasteiger partial charge in [0.25, 0.3) is 0 Å². The molecule has 0 bridgehead atoms. The Kier molecular flexibility index (Phi) is 7.05. The van der Waals surface area contributed by atoms with E-state index in [1.54, 1.807) is 7.11 Å². The van der Waals surface area contributed by atoms with E-state index in [-0.39, 0.29) is 0 Å². The van der Waals surface area contributed by atoms with Crippen LogP contribution in [0.3, 0.4) is 0 Å². The number of methoxy groups -OCH3 is 1. The number of thiocarbonyl (C=S) groups is 1. The zero-order valence-corrected chi connectivity index (χ0v) is 15.2. The first-order valence-electron chi connectivity index (χ1n) is 8.33. The molecule has 1 aromatic rings. The standard InChI is InChI=1S/C17H28N4OS/c1-13-9-14(2)12-21(11-13)16-6-5-15(10-19-16)20-17(23)18-7-4-8-22-3/h5-6,10,13-14H,4,7-9,11-12H2,1-3H3,(H2,18,20,23)/t13-,14-/m1/s1. The fourth-order valence-corrected chi connectivity index (χ4v) is 3.31. The van der Waals surface area contributed by atoms with E-state index in [1.807, 2.05) is 12.3 Å². The Morgan fingerprint density at radius 1 is 1.35 bits per heavy atom.